The minimum Gasteiger partial charge on any atom is -0.489 e. The Bertz CT molecular complexity index is 695. The van der Waals surface area contributed by atoms with Crippen molar-refractivity contribution in [3.63, 3.8) is 0 Å². The predicted molar refractivity (Wildman–Crippen MR) is 73.6 cm³/mol. The molecule has 0 saturated carbocycles. The highest BCUT2D eigenvalue weighted by atomic mass is 35.5. The van der Waals surface area contributed by atoms with Crippen LogP contribution in [0.2, 0.25) is 5.02 Å². The van der Waals surface area contributed by atoms with Gasteiger partial charge in [0.1, 0.15) is 24.0 Å². The Labute approximate surface area is 120 Å². The van der Waals surface area contributed by atoms with Gasteiger partial charge in [0.2, 0.25) is 0 Å². The smallest absolute Gasteiger partial charge is 0.287 e. The second kappa shape index (κ2) is 6.04. The molecule has 0 aliphatic rings. The van der Waals surface area contributed by atoms with Crippen LogP contribution in [0.1, 0.15) is 11.1 Å². The molecule has 6 heteroatoms. The SMILES string of the molecule is N#Cc1cc(OCc2cccc(Cl)c2)ccc1[N+](=O)[O-]. The molecule has 5 nitrogen and oxygen atoms in total. The first-order valence-corrected chi connectivity index (χ1v) is 6.04. The summed E-state index contributed by atoms with van der Waals surface area (Å²) in [5.41, 5.74) is 0.607. The van der Waals surface area contributed by atoms with Crippen molar-refractivity contribution in [3.05, 3.63) is 68.7 Å². The number of nitrogens with zero attached hydrogens (tertiary/aromatic N) is 2. The van der Waals surface area contributed by atoms with Gasteiger partial charge in [0, 0.05) is 17.2 Å². The van der Waals surface area contributed by atoms with Crippen LogP contribution in [-0.4, -0.2) is 4.92 Å². The van der Waals surface area contributed by atoms with Gasteiger partial charge in [-0.1, -0.05) is 23.7 Å². The Balaban J connectivity index is 2.15. The van der Waals surface area contributed by atoms with Crippen LogP contribution in [0.5, 0.6) is 5.75 Å². The van der Waals surface area contributed by atoms with E-state index in [9.17, 15) is 10.1 Å². The minimum atomic E-state index is -0.598. The topological polar surface area (TPSA) is 76.2 Å². The number of nitro benzene ring substituents is 1. The molecule has 0 atom stereocenters. The van der Waals surface area contributed by atoms with Crippen molar-refractivity contribution in [3.8, 4) is 11.8 Å². The summed E-state index contributed by atoms with van der Waals surface area (Å²) in [6, 6.07) is 13.0. The van der Waals surface area contributed by atoms with Crippen molar-refractivity contribution >= 4 is 17.3 Å². The molecule has 20 heavy (non-hydrogen) atoms. The fraction of sp³-hybridized carbons (Fsp3) is 0.0714. The van der Waals surface area contributed by atoms with E-state index >= 15 is 0 Å². The van der Waals surface area contributed by atoms with Gasteiger partial charge < -0.3 is 4.74 Å². The van der Waals surface area contributed by atoms with Crippen molar-refractivity contribution in [2.75, 3.05) is 0 Å². The molecule has 0 aromatic heterocycles. The Kier molecular flexibility index (Phi) is 4.18. The molecular weight excluding hydrogens is 280 g/mol. The van der Waals surface area contributed by atoms with Gasteiger partial charge in [-0.25, -0.2) is 0 Å². The highest BCUT2D eigenvalue weighted by molar-refractivity contribution is 6.30. The molecule has 0 aliphatic heterocycles. The number of nitriles is 1. The Hall–Kier alpha value is -2.58. The quantitative estimate of drug-likeness (QED) is 0.635. The third kappa shape index (κ3) is 3.25. The van der Waals surface area contributed by atoms with E-state index in [1.807, 2.05) is 6.07 Å². The summed E-state index contributed by atoms with van der Waals surface area (Å²) < 4.78 is 5.49. The van der Waals surface area contributed by atoms with Gasteiger partial charge in [0.25, 0.3) is 5.69 Å². The Morgan fingerprint density at radius 2 is 2.10 bits per heavy atom. The number of hydrogen-bond acceptors (Lipinski definition) is 4. The number of benzene rings is 2. The molecule has 0 spiro atoms. The average Bonchev–Trinajstić information content (AvgIpc) is 2.44. The summed E-state index contributed by atoms with van der Waals surface area (Å²) in [7, 11) is 0. The maximum absolute atomic E-state index is 10.7. The number of nitro groups is 1. The lowest BCUT2D eigenvalue weighted by molar-refractivity contribution is -0.385. The summed E-state index contributed by atoms with van der Waals surface area (Å²) in [5.74, 6) is 0.395. The molecule has 0 radical (unpaired) electrons. The highest BCUT2D eigenvalue weighted by Gasteiger charge is 2.14. The van der Waals surface area contributed by atoms with Crippen LogP contribution >= 0.6 is 11.6 Å². The van der Waals surface area contributed by atoms with Crippen LogP contribution < -0.4 is 4.74 Å². The van der Waals surface area contributed by atoms with Crippen LogP contribution in [0.3, 0.4) is 0 Å². The molecule has 0 unspecified atom stereocenters. The lowest BCUT2D eigenvalue weighted by Crippen LogP contribution is -1.97. The van der Waals surface area contributed by atoms with Gasteiger partial charge in [0.15, 0.2) is 0 Å². The van der Waals surface area contributed by atoms with Gasteiger partial charge in [0.05, 0.1) is 4.92 Å². The van der Waals surface area contributed by atoms with E-state index in [0.29, 0.717) is 10.8 Å². The van der Waals surface area contributed by atoms with E-state index in [0.717, 1.165) is 5.56 Å². The molecule has 0 aliphatic carbocycles. The van der Waals surface area contributed by atoms with E-state index in [1.54, 1.807) is 24.3 Å². The van der Waals surface area contributed by atoms with Crippen LogP contribution in [0.15, 0.2) is 42.5 Å². The van der Waals surface area contributed by atoms with Gasteiger partial charge in [-0.2, -0.15) is 5.26 Å². The van der Waals surface area contributed by atoms with Crippen LogP contribution in [0.25, 0.3) is 0 Å². The standard InChI is InChI=1S/C14H9ClN2O3/c15-12-3-1-2-10(6-12)9-20-13-4-5-14(17(18)19)11(7-13)8-16/h1-7H,9H2. The molecular formula is C14H9ClN2O3. The molecule has 2 rings (SSSR count). The number of rotatable bonds is 4. The molecule has 0 saturated heterocycles. The zero-order valence-corrected chi connectivity index (χ0v) is 11.0. The first kappa shape index (κ1) is 13.8. The lowest BCUT2D eigenvalue weighted by atomic mass is 10.2. The van der Waals surface area contributed by atoms with Crippen molar-refractivity contribution in [1.29, 1.82) is 5.26 Å². The van der Waals surface area contributed by atoms with Crippen molar-refractivity contribution in [1.82, 2.24) is 0 Å². The third-order valence-corrected chi connectivity index (χ3v) is 2.81. The molecule has 0 fully saturated rings. The zero-order valence-electron chi connectivity index (χ0n) is 10.2. The normalized spacial score (nSPS) is 9.80. The van der Waals surface area contributed by atoms with Gasteiger partial charge in [-0.3, -0.25) is 10.1 Å². The van der Waals surface area contributed by atoms with Gasteiger partial charge in [-0.05, 0) is 23.8 Å². The number of halogens is 1. The molecule has 2 aromatic carbocycles. The van der Waals surface area contributed by atoms with Gasteiger partial charge in [-0.15, -0.1) is 0 Å². The van der Waals surface area contributed by atoms with Crippen LogP contribution in [0, 0.1) is 21.4 Å². The minimum absolute atomic E-state index is 0.0291. The lowest BCUT2D eigenvalue weighted by Gasteiger charge is -2.07. The van der Waals surface area contributed by atoms with E-state index in [2.05, 4.69) is 0 Å². The summed E-state index contributed by atoms with van der Waals surface area (Å²) in [4.78, 5) is 10.1. The number of hydrogen-bond donors (Lipinski definition) is 0. The maximum Gasteiger partial charge on any atom is 0.287 e. The summed E-state index contributed by atoms with van der Waals surface area (Å²) in [6.45, 7) is 0.267. The molecule has 0 N–H and O–H groups in total. The van der Waals surface area contributed by atoms with Crippen molar-refractivity contribution < 1.29 is 9.66 Å². The van der Waals surface area contributed by atoms with E-state index in [1.165, 1.54) is 18.2 Å². The molecule has 0 amide bonds. The molecule has 0 heterocycles. The highest BCUT2D eigenvalue weighted by Crippen LogP contribution is 2.24. The Morgan fingerprint density at radius 1 is 1.30 bits per heavy atom. The number of ether oxygens (including phenoxy) is 1. The van der Waals surface area contributed by atoms with Gasteiger partial charge >= 0.3 is 0 Å². The van der Waals surface area contributed by atoms with Crippen LogP contribution in [-0.2, 0) is 6.61 Å². The second-order valence-corrected chi connectivity index (χ2v) is 4.40. The molecule has 2 aromatic rings. The molecule has 100 valence electrons. The molecule has 0 bridgehead atoms. The van der Waals surface area contributed by atoms with Crippen molar-refractivity contribution in [2.24, 2.45) is 0 Å². The largest absolute Gasteiger partial charge is 0.489 e. The summed E-state index contributed by atoms with van der Waals surface area (Å²) >= 11 is 5.86. The van der Waals surface area contributed by atoms with E-state index < -0.39 is 4.92 Å². The zero-order chi connectivity index (χ0) is 14.5. The van der Waals surface area contributed by atoms with Crippen molar-refractivity contribution in [2.45, 2.75) is 6.61 Å². The third-order valence-electron chi connectivity index (χ3n) is 2.58. The monoisotopic (exact) mass is 288 g/mol. The first-order chi connectivity index (χ1) is 9.60. The first-order valence-electron chi connectivity index (χ1n) is 5.66. The predicted octanol–water partition coefficient (Wildman–Crippen LogP) is 3.70. The van der Waals surface area contributed by atoms with E-state index in [4.69, 9.17) is 21.6 Å². The maximum atomic E-state index is 10.7. The summed E-state index contributed by atoms with van der Waals surface area (Å²) in [6.07, 6.45) is 0. The fourth-order valence-electron chi connectivity index (χ4n) is 1.65. The fourth-order valence-corrected chi connectivity index (χ4v) is 1.86. The van der Waals surface area contributed by atoms with Crippen LogP contribution in [0.4, 0.5) is 5.69 Å². The van der Waals surface area contributed by atoms with E-state index in [-0.39, 0.29) is 17.9 Å². The Morgan fingerprint density at radius 3 is 2.75 bits per heavy atom. The summed E-state index contributed by atoms with van der Waals surface area (Å²) in [5, 5.41) is 20.2. The average molecular weight is 289 g/mol. The second-order valence-electron chi connectivity index (χ2n) is 3.97.